The van der Waals surface area contributed by atoms with Crippen LogP contribution >= 0.6 is 39.1 Å². The van der Waals surface area contributed by atoms with Crippen LogP contribution in [0.5, 0.6) is 0 Å². The zero-order valence-corrected chi connectivity index (χ0v) is 23.2. The molecule has 3 amide bonds. The Morgan fingerprint density at radius 3 is 2.31 bits per heavy atom. The van der Waals surface area contributed by atoms with Gasteiger partial charge in [-0.2, -0.15) is 10.2 Å². The van der Waals surface area contributed by atoms with Crippen molar-refractivity contribution in [2.75, 3.05) is 11.4 Å². The lowest BCUT2D eigenvalue weighted by Crippen LogP contribution is -2.44. The van der Waals surface area contributed by atoms with Gasteiger partial charge >= 0.3 is 0 Å². The van der Waals surface area contributed by atoms with Gasteiger partial charge in [-0.3, -0.25) is 19.4 Å². The van der Waals surface area contributed by atoms with E-state index in [1.54, 1.807) is 18.2 Å². The highest BCUT2D eigenvalue weighted by atomic mass is 79.9. The van der Waals surface area contributed by atoms with Gasteiger partial charge in [0.1, 0.15) is 6.54 Å². The van der Waals surface area contributed by atoms with E-state index < -0.39 is 23.9 Å². The van der Waals surface area contributed by atoms with Gasteiger partial charge in [0.25, 0.3) is 17.7 Å². The number of amides is 3. The molecule has 3 aromatic rings. The number of imide groups is 1. The monoisotopic (exact) mass is 624 g/mol. The standard InChI is InChI=1S/C27H19BrCl2N6O3/c28-17-11-9-15(10-12-17)20-13-21(16-5-2-1-3-6-16)36(32-20)22(37)14-34-25-23(31-33-34)26(38)35(27(25)39)24-18(29)7-4-8-19(24)30/h1-12,21,23,25H,13-14H2/t21-,23-,25+/m0/s1. The van der Waals surface area contributed by atoms with Crippen LogP contribution < -0.4 is 4.90 Å². The Morgan fingerprint density at radius 2 is 1.62 bits per heavy atom. The first-order chi connectivity index (χ1) is 18.8. The van der Waals surface area contributed by atoms with E-state index >= 15 is 0 Å². The second-order valence-electron chi connectivity index (χ2n) is 9.20. The summed E-state index contributed by atoms with van der Waals surface area (Å²) < 4.78 is 0.939. The van der Waals surface area contributed by atoms with Gasteiger partial charge in [0.05, 0.1) is 27.5 Å². The molecule has 3 aromatic carbocycles. The Kier molecular flexibility index (Phi) is 6.70. The number of nitrogens with zero attached hydrogens (tertiary/aromatic N) is 6. The van der Waals surface area contributed by atoms with Gasteiger partial charge in [0, 0.05) is 10.9 Å². The summed E-state index contributed by atoms with van der Waals surface area (Å²) in [6.45, 7) is -0.297. The largest absolute Gasteiger partial charge is 0.271 e. The molecule has 0 N–H and O–H groups in total. The van der Waals surface area contributed by atoms with Crippen LogP contribution in [0.2, 0.25) is 10.0 Å². The second-order valence-corrected chi connectivity index (χ2v) is 10.9. The van der Waals surface area contributed by atoms with Crippen molar-refractivity contribution in [3.8, 4) is 0 Å². The molecule has 0 radical (unpaired) electrons. The van der Waals surface area contributed by atoms with Crippen molar-refractivity contribution in [1.82, 2.24) is 10.0 Å². The van der Waals surface area contributed by atoms with E-state index in [0.717, 1.165) is 26.2 Å². The molecular formula is C27H19BrCl2N6O3. The summed E-state index contributed by atoms with van der Waals surface area (Å²) >= 11 is 16.0. The van der Waals surface area contributed by atoms with E-state index in [9.17, 15) is 14.4 Å². The third kappa shape index (κ3) is 4.52. The molecule has 3 atom stereocenters. The summed E-state index contributed by atoms with van der Waals surface area (Å²) in [6, 6.07) is 19.5. The van der Waals surface area contributed by atoms with Crippen LogP contribution in [-0.2, 0) is 14.4 Å². The maximum absolute atomic E-state index is 13.7. The molecule has 39 heavy (non-hydrogen) atoms. The zero-order valence-electron chi connectivity index (χ0n) is 20.1. The molecule has 0 aromatic heterocycles. The van der Waals surface area contributed by atoms with Crippen LogP contribution in [0.25, 0.3) is 0 Å². The molecular weight excluding hydrogens is 607 g/mol. The average Bonchev–Trinajstić information content (AvgIpc) is 3.62. The van der Waals surface area contributed by atoms with Gasteiger partial charge in [-0.25, -0.2) is 9.91 Å². The summed E-state index contributed by atoms with van der Waals surface area (Å²) in [5.74, 6) is -1.58. The Balaban J connectivity index is 1.27. The Morgan fingerprint density at radius 1 is 0.923 bits per heavy atom. The number of hydrogen-bond donors (Lipinski definition) is 0. The molecule has 12 heteroatoms. The fourth-order valence-corrected chi connectivity index (χ4v) is 5.81. The topological polar surface area (TPSA) is 98.0 Å². The predicted molar refractivity (Wildman–Crippen MR) is 149 cm³/mol. The Hall–Kier alpha value is -3.60. The summed E-state index contributed by atoms with van der Waals surface area (Å²) in [5.41, 5.74) is 2.69. The normalized spacial score (nSPS) is 22.1. The fourth-order valence-electron chi connectivity index (χ4n) is 4.98. The number of fused-ring (bicyclic) bond motifs is 1. The van der Waals surface area contributed by atoms with Crippen molar-refractivity contribution >= 4 is 68.3 Å². The molecule has 3 aliphatic heterocycles. The number of benzene rings is 3. The molecule has 0 aliphatic carbocycles. The van der Waals surface area contributed by atoms with Crippen molar-refractivity contribution in [2.24, 2.45) is 15.4 Å². The van der Waals surface area contributed by atoms with Crippen molar-refractivity contribution in [3.63, 3.8) is 0 Å². The highest BCUT2D eigenvalue weighted by molar-refractivity contribution is 9.10. The highest BCUT2D eigenvalue weighted by Crippen LogP contribution is 2.40. The number of carbonyl (C=O) groups excluding carboxylic acids is 3. The van der Waals surface area contributed by atoms with Gasteiger partial charge in [-0.05, 0) is 35.4 Å². The first-order valence-corrected chi connectivity index (χ1v) is 13.6. The van der Waals surface area contributed by atoms with E-state index in [1.165, 1.54) is 10.0 Å². The minimum Gasteiger partial charge on any atom is -0.271 e. The first-order valence-electron chi connectivity index (χ1n) is 12.0. The highest BCUT2D eigenvalue weighted by Gasteiger charge is 2.56. The molecule has 1 saturated heterocycles. The number of rotatable bonds is 5. The molecule has 0 spiro atoms. The lowest BCUT2D eigenvalue weighted by molar-refractivity contribution is -0.135. The van der Waals surface area contributed by atoms with Crippen molar-refractivity contribution in [2.45, 2.75) is 24.5 Å². The molecule has 196 valence electrons. The van der Waals surface area contributed by atoms with Crippen LogP contribution in [-0.4, -0.2) is 52.1 Å². The van der Waals surface area contributed by atoms with Gasteiger partial charge in [-0.1, -0.05) is 92.9 Å². The van der Waals surface area contributed by atoms with Crippen molar-refractivity contribution in [1.29, 1.82) is 0 Å². The van der Waals surface area contributed by atoms with Gasteiger partial charge in [0.2, 0.25) is 0 Å². The van der Waals surface area contributed by atoms with Crippen LogP contribution in [0.4, 0.5) is 5.69 Å². The molecule has 0 saturated carbocycles. The molecule has 0 unspecified atom stereocenters. The van der Waals surface area contributed by atoms with Crippen molar-refractivity contribution < 1.29 is 14.4 Å². The van der Waals surface area contributed by atoms with Gasteiger partial charge in [-0.15, -0.1) is 0 Å². The third-order valence-corrected chi connectivity index (χ3v) is 7.98. The molecule has 0 bridgehead atoms. The first kappa shape index (κ1) is 25.7. The van der Waals surface area contributed by atoms with E-state index in [2.05, 4.69) is 31.4 Å². The van der Waals surface area contributed by atoms with Gasteiger partial charge < -0.3 is 0 Å². The summed E-state index contributed by atoms with van der Waals surface area (Å²) in [5, 5.41) is 15.7. The predicted octanol–water partition coefficient (Wildman–Crippen LogP) is 5.43. The SMILES string of the molecule is O=C1[C@H]2N=NN(CC(=O)N3N=C(c4ccc(Br)cc4)C[C@H]3c3ccccc3)[C@H]2C(=O)N1c1c(Cl)cccc1Cl. The lowest BCUT2D eigenvalue weighted by atomic mass is 9.98. The minimum atomic E-state index is -1.09. The fraction of sp³-hybridized carbons (Fsp3) is 0.185. The average molecular weight is 626 g/mol. The zero-order chi connectivity index (χ0) is 27.3. The minimum absolute atomic E-state index is 0.0964. The summed E-state index contributed by atoms with van der Waals surface area (Å²) in [7, 11) is 0. The maximum atomic E-state index is 13.7. The molecule has 9 nitrogen and oxygen atoms in total. The number of halogens is 3. The van der Waals surface area contributed by atoms with Crippen molar-refractivity contribution in [3.05, 3.63) is 98.4 Å². The molecule has 3 aliphatic rings. The van der Waals surface area contributed by atoms with E-state index in [0.29, 0.717) is 6.42 Å². The van der Waals surface area contributed by atoms with E-state index in [4.69, 9.17) is 23.2 Å². The number of hydrogen-bond acceptors (Lipinski definition) is 7. The Bertz CT molecular complexity index is 1530. The number of anilines is 1. The lowest BCUT2D eigenvalue weighted by Gasteiger charge is -2.25. The third-order valence-electron chi connectivity index (χ3n) is 6.84. The quantitative estimate of drug-likeness (QED) is 0.353. The van der Waals surface area contributed by atoms with Crippen LogP contribution in [0.15, 0.2) is 92.7 Å². The summed E-state index contributed by atoms with van der Waals surface area (Å²) in [4.78, 5) is 41.2. The number of carbonyl (C=O) groups is 3. The van der Waals surface area contributed by atoms with Crippen LogP contribution in [0, 0.1) is 0 Å². The molecule has 6 rings (SSSR count). The van der Waals surface area contributed by atoms with E-state index in [-0.39, 0.29) is 34.2 Å². The van der Waals surface area contributed by atoms with Gasteiger partial charge in [0.15, 0.2) is 12.1 Å². The number of hydrazone groups is 1. The Labute approximate surface area is 241 Å². The smallest absolute Gasteiger partial charge is 0.264 e. The molecule has 3 heterocycles. The van der Waals surface area contributed by atoms with Crippen LogP contribution in [0.1, 0.15) is 23.6 Å². The summed E-state index contributed by atoms with van der Waals surface area (Å²) in [6.07, 6.45) is 0.515. The van der Waals surface area contributed by atoms with E-state index in [1.807, 2.05) is 54.6 Å². The number of para-hydroxylation sites is 1. The molecule has 1 fully saturated rings. The second kappa shape index (κ2) is 10.2. The van der Waals surface area contributed by atoms with Crippen LogP contribution in [0.3, 0.4) is 0 Å². The maximum Gasteiger partial charge on any atom is 0.264 e.